The second-order valence-corrected chi connectivity index (χ2v) is 8.78. The number of nitrogens with zero attached hydrogens (tertiary/aromatic N) is 3. The molecule has 1 fully saturated rings. The second kappa shape index (κ2) is 7.72. The molecule has 0 spiro atoms. The number of aromatic nitrogens is 2. The van der Waals surface area contributed by atoms with Gasteiger partial charge in [0.15, 0.2) is 0 Å². The Labute approximate surface area is 160 Å². The maximum atomic E-state index is 12.8. The minimum atomic E-state index is -3.74. The number of methoxy groups -OCH3 is 1. The van der Waals surface area contributed by atoms with Crippen LogP contribution in [-0.2, 0) is 10.0 Å². The van der Waals surface area contributed by atoms with Gasteiger partial charge in [-0.2, -0.15) is 0 Å². The van der Waals surface area contributed by atoms with Crippen LogP contribution >= 0.6 is 0 Å². The Morgan fingerprint density at radius 3 is 2.33 bits per heavy atom. The number of ether oxygens (including phenoxy) is 1. The molecular formula is C19H26N4O3S. The van der Waals surface area contributed by atoms with Crippen LogP contribution in [0.25, 0.3) is 0 Å². The number of aryl methyl sites for hydroxylation is 2. The van der Waals surface area contributed by atoms with Crippen molar-refractivity contribution in [1.82, 2.24) is 9.97 Å². The number of nitrogens with one attached hydrogen (secondary N) is 1. The van der Waals surface area contributed by atoms with Crippen molar-refractivity contribution in [3.05, 3.63) is 35.7 Å². The lowest BCUT2D eigenvalue weighted by molar-refractivity contribution is 0.411. The predicted molar refractivity (Wildman–Crippen MR) is 106 cm³/mol. The molecule has 0 saturated carbocycles. The summed E-state index contributed by atoms with van der Waals surface area (Å²) < 4.78 is 33.4. The first-order chi connectivity index (χ1) is 12.8. The molecule has 3 rings (SSSR count). The molecule has 1 saturated heterocycles. The number of anilines is 2. The minimum Gasteiger partial charge on any atom is -0.496 e. The van der Waals surface area contributed by atoms with Gasteiger partial charge in [-0.25, -0.2) is 18.4 Å². The lowest BCUT2D eigenvalue weighted by Crippen LogP contribution is -2.34. The highest BCUT2D eigenvalue weighted by molar-refractivity contribution is 7.92. The van der Waals surface area contributed by atoms with Gasteiger partial charge in [0.2, 0.25) is 5.95 Å². The van der Waals surface area contributed by atoms with Crippen molar-refractivity contribution < 1.29 is 13.2 Å². The van der Waals surface area contributed by atoms with Gasteiger partial charge in [-0.3, -0.25) is 4.72 Å². The van der Waals surface area contributed by atoms with Crippen LogP contribution in [0.5, 0.6) is 5.75 Å². The first-order valence-corrected chi connectivity index (χ1v) is 10.5. The number of hydrogen-bond acceptors (Lipinski definition) is 6. The van der Waals surface area contributed by atoms with E-state index in [2.05, 4.69) is 26.5 Å². The SMILES string of the molecule is COc1cc(C)c(S(=O)(=O)Nc2cnc(N3CCC(C)CC3)nc2)cc1C. The molecular weight excluding hydrogens is 364 g/mol. The van der Waals surface area contributed by atoms with Crippen molar-refractivity contribution in [2.45, 2.75) is 38.5 Å². The Morgan fingerprint density at radius 1 is 1.11 bits per heavy atom. The molecule has 1 aliphatic heterocycles. The van der Waals surface area contributed by atoms with Crippen molar-refractivity contribution >= 4 is 21.7 Å². The number of rotatable bonds is 5. The molecule has 7 nitrogen and oxygen atoms in total. The zero-order chi connectivity index (χ0) is 19.6. The van der Waals surface area contributed by atoms with E-state index in [9.17, 15) is 8.42 Å². The van der Waals surface area contributed by atoms with E-state index in [1.54, 1.807) is 26.2 Å². The summed E-state index contributed by atoms with van der Waals surface area (Å²) in [4.78, 5) is 11.0. The number of hydrogen-bond donors (Lipinski definition) is 1. The Balaban J connectivity index is 1.77. The van der Waals surface area contributed by atoms with E-state index in [0.717, 1.165) is 37.4 Å². The van der Waals surface area contributed by atoms with Crippen molar-refractivity contribution in [3.8, 4) is 5.75 Å². The Hall–Kier alpha value is -2.35. The van der Waals surface area contributed by atoms with Crippen molar-refractivity contribution in [2.24, 2.45) is 5.92 Å². The van der Waals surface area contributed by atoms with E-state index < -0.39 is 10.0 Å². The topological polar surface area (TPSA) is 84.4 Å². The van der Waals surface area contributed by atoms with Gasteiger partial charge in [0.1, 0.15) is 5.75 Å². The minimum absolute atomic E-state index is 0.217. The fourth-order valence-corrected chi connectivity index (χ4v) is 4.57. The molecule has 2 aromatic rings. The Kier molecular flexibility index (Phi) is 5.55. The normalized spacial score (nSPS) is 15.6. The van der Waals surface area contributed by atoms with Crippen LogP contribution in [0, 0.1) is 19.8 Å². The Bertz CT molecular complexity index is 905. The second-order valence-electron chi connectivity index (χ2n) is 7.13. The first kappa shape index (κ1) is 19.4. The molecule has 0 unspecified atom stereocenters. The smallest absolute Gasteiger partial charge is 0.262 e. The lowest BCUT2D eigenvalue weighted by Gasteiger charge is -2.30. The fourth-order valence-electron chi connectivity index (χ4n) is 3.23. The summed E-state index contributed by atoms with van der Waals surface area (Å²) in [7, 11) is -2.17. The third-order valence-corrected chi connectivity index (χ3v) is 6.46. The van der Waals surface area contributed by atoms with Crippen LogP contribution in [0.3, 0.4) is 0 Å². The van der Waals surface area contributed by atoms with Gasteiger partial charge < -0.3 is 9.64 Å². The summed E-state index contributed by atoms with van der Waals surface area (Å²) >= 11 is 0. The zero-order valence-corrected chi connectivity index (χ0v) is 17.0. The van der Waals surface area contributed by atoms with E-state index in [1.807, 2.05) is 6.92 Å². The van der Waals surface area contributed by atoms with E-state index in [0.29, 0.717) is 22.9 Å². The van der Waals surface area contributed by atoms with Crippen LogP contribution in [-0.4, -0.2) is 38.6 Å². The summed E-state index contributed by atoms with van der Waals surface area (Å²) in [6.07, 6.45) is 5.27. The average molecular weight is 391 g/mol. The molecule has 0 radical (unpaired) electrons. The quantitative estimate of drug-likeness (QED) is 0.844. The highest BCUT2D eigenvalue weighted by atomic mass is 32.2. The van der Waals surface area contributed by atoms with E-state index >= 15 is 0 Å². The van der Waals surface area contributed by atoms with Crippen LogP contribution in [0.2, 0.25) is 0 Å². The molecule has 0 bridgehead atoms. The number of sulfonamides is 1. The lowest BCUT2D eigenvalue weighted by atomic mass is 10.00. The first-order valence-electron chi connectivity index (χ1n) is 9.05. The van der Waals surface area contributed by atoms with Gasteiger partial charge in [-0.1, -0.05) is 6.92 Å². The maximum absolute atomic E-state index is 12.8. The van der Waals surface area contributed by atoms with Crippen molar-refractivity contribution in [1.29, 1.82) is 0 Å². The zero-order valence-electron chi connectivity index (χ0n) is 16.2. The Morgan fingerprint density at radius 2 is 1.74 bits per heavy atom. The van der Waals surface area contributed by atoms with E-state index in [4.69, 9.17) is 4.74 Å². The van der Waals surface area contributed by atoms with Crippen LogP contribution in [0.15, 0.2) is 29.4 Å². The molecule has 27 heavy (non-hydrogen) atoms. The summed E-state index contributed by atoms with van der Waals surface area (Å²) in [6, 6.07) is 3.33. The average Bonchev–Trinajstić information content (AvgIpc) is 2.64. The van der Waals surface area contributed by atoms with Gasteiger partial charge in [0.05, 0.1) is 30.1 Å². The molecule has 8 heteroatoms. The molecule has 0 aliphatic carbocycles. The standard InChI is InChI=1S/C19H26N4O3S/c1-13-5-7-23(8-6-13)19-20-11-16(12-21-19)22-27(24,25)18-10-14(2)17(26-4)9-15(18)3/h9-13,22H,5-8H2,1-4H3. The third kappa shape index (κ3) is 4.32. The molecule has 1 aromatic heterocycles. The third-order valence-electron chi connectivity index (χ3n) is 4.94. The molecule has 146 valence electrons. The fraction of sp³-hybridized carbons (Fsp3) is 0.474. The predicted octanol–water partition coefficient (Wildman–Crippen LogP) is 3.14. The van der Waals surface area contributed by atoms with E-state index in [-0.39, 0.29) is 4.90 Å². The van der Waals surface area contributed by atoms with Crippen LogP contribution in [0.1, 0.15) is 30.9 Å². The molecule has 0 amide bonds. The number of piperidine rings is 1. The summed E-state index contributed by atoms with van der Waals surface area (Å²) in [5.41, 5.74) is 1.72. The van der Waals surface area contributed by atoms with Gasteiger partial charge in [-0.05, 0) is 55.9 Å². The molecule has 2 heterocycles. The van der Waals surface area contributed by atoms with Gasteiger partial charge >= 0.3 is 0 Å². The van der Waals surface area contributed by atoms with Gasteiger partial charge in [-0.15, -0.1) is 0 Å². The molecule has 0 atom stereocenters. The molecule has 1 aromatic carbocycles. The summed E-state index contributed by atoms with van der Waals surface area (Å²) in [5, 5.41) is 0. The van der Waals surface area contributed by atoms with Crippen molar-refractivity contribution in [2.75, 3.05) is 29.8 Å². The van der Waals surface area contributed by atoms with Crippen molar-refractivity contribution in [3.63, 3.8) is 0 Å². The number of benzene rings is 1. The molecule has 1 N–H and O–H groups in total. The highest BCUT2D eigenvalue weighted by Gasteiger charge is 2.21. The largest absolute Gasteiger partial charge is 0.496 e. The summed E-state index contributed by atoms with van der Waals surface area (Å²) in [5.74, 6) is 2.03. The monoisotopic (exact) mass is 390 g/mol. The summed E-state index contributed by atoms with van der Waals surface area (Å²) in [6.45, 7) is 7.66. The van der Waals surface area contributed by atoms with Gasteiger partial charge in [0, 0.05) is 13.1 Å². The highest BCUT2D eigenvalue weighted by Crippen LogP contribution is 2.27. The molecule has 1 aliphatic rings. The van der Waals surface area contributed by atoms with Gasteiger partial charge in [0.25, 0.3) is 10.0 Å². The van der Waals surface area contributed by atoms with Crippen LogP contribution < -0.4 is 14.4 Å². The van der Waals surface area contributed by atoms with E-state index in [1.165, 1.54) is 12.4 Å². The van der Waals surface area contributed by atoms with Crippen LogP contribution in [0.4, 0.5) is 11.6 Å². The maximum Gasteiger partial charge on any atom is 0.262 e.